The predicted octanol–water partition coefficient (Wildman–Crippen LogP) is 3.79. The largest absolute Gasteiger partial charge is 0.481 e. The molecule has 1 aliphatic heterocycles. The van der Waals surface area contributed by atoms with Crippen molar-refractivity contribution in [2.75, 3.05) is 6.79 Å². The van der Waals surface area contributed by atoms with Crippen molar-refractivity contribution in [1.82, 2.24) is 4.98 Å². The molecule has 3 aromatic rings. The second-order valence-corrected chi connectivity index (χ2v) is 8.79. The Bertz CT molecular complexity index is 1070. The van der Waals surface area contributed by atoms with Crippen LogP contribution in [0, 0.1) is 5.41 Å². The van der Waals surface area contributed by atoms with Gasteiger partial charge < -0.3 is 14.6 Å². The van der Waals surface area contributed by atoms with E-state index in [9.17, 15) is 14.7 Å². The molecule has 0 radical (unpaired) electrons. The number of carbonyl (C=O) groups is 2. The molecule has 6 nitrogen and oxygen atoms in total. The minimum Gasteiger partial charge on any atom is -0.481 e. The van der Waals surface area contributed by atoms with Gasteiger partial charge in [0, 0.05) is 30.4 Å². The lowest BCUT2D eigenvalue weighted by atomic mass is 9.76. The molecule has 1 aromatic heterocycles. The monoisotopic (exact) mass is 409 g/mol. The van der Waals surface area contributed by atoms with Gasteiger partial charge in [0.25, 0.3) is 0 Å². The number of thiazole rings is 1. The molecule has 0 saturated carbocycles. The van der Waals surface area contributed by atoms with E-state index in [1.165, 1.54) is 11.3 Å². The van der Waals surface area contributed by atoms with Crippen LogP contribution in [0.2, 0.25) is 0 Å². The maximum absolute atomic E-state index is 13.2. The van der Waals surface area contributed by atoms with Gasteiger partial charge in [0.05, 0.1) is 21.6 Å². The Balaban J connectivity index is 1.35. The van der Waals surface area contributed by atoms with Gasteiger partial charge in [0.15, 0.2) is 11.5 Å². The summed E-state index contributed by atoms with van der Waals surface area (Å²) in [7, 11) is 0. The lowest BCUT2D eigenvalue weighted by molar-refractivity contribution is -0.144. The minimum atomic E-state index is -0.930. The number of nitrogens with zero attached hydrogens (tertiary/aromatic N) is 1. The van der Waals surface area contributed by atoms with Crippen LogP contribution < -0.4 is 9.47 Å². The Morgan fingerprint density at radius 2 is 1.79 bits per heavy atom. The zero-order chi connectivity index (χ0) is 20.0. The third-order valence-corrected chi connectivity index (χ3v) is 6.83. The number of carbonyl (C=O) groups excluding carboxylic acids is 1. The number of ether oxygens (including phenoxy) is 2. The summed E-state index contributed by atoms with van der Waals surface area (Å²) in [5.41, 5.74) is 2.14. The molecule has 0 fully saturated rings. The van der Waals surface area contributed by atoms with Gasteiger partial charge in [-0.15, -0.1) is 11.3 Å². The quantitative estimate of drug-likeness (QED) is 0.667. The lowest BCUT2D eigenvalue weighted by Gasteiger charge is -2.25. The van der Waals surface area contributed by atoms with Crippen LogP contribution in [0.15, 0.2) is 36.4 Å². The molecule has 148 valence electrons. The van der Waals surface area contributed by atoms with E-state index in [0.717, 1.165) is 26.4 Å². The van der Waals surface area contributed by atoms with Crippen LogP contribution in [0.5, 0.6) is 11.5 Å². The molecule has 1 N–H and O–H groups in total. The van der Waals surface area contributed by atoms with Crippen LogP contribution in [-0.4, -0.2) is 28.6 Å². The first-order valence-corrected chi connectivity index (χ1v) is 10.3. The maximum atomic E-state index is 13.2. The Morgan fingerprint density at radius 1 is 1.10 bits per heavy atom. The molecule has 7 heteroatoms. The highest BCUT2D eigenvalue weighted by Crippen LogP contribution is 2.42. The first-order chi connectivity index (χ1) is 14.0. The van der Waals surface area contributed by atoms with Crippen LogP contribution in [-0.2, 0) is 28.9 Å². The van der Waals surface area contributed by atoms with E-state index < -0.39 is 11.4 Å². The Labute approximate surface area is 171 Å². The number of carboxylic acids is 1. The second kappa shape index (κ2) is 6.84. The average molecular weight is 409 g/mol. The van der Waals surface area contributed by atoms with Crippen molar-refractivity contribution >= 4 is 33.3 Å². The number of aliphatic carboxylic acids is 1. The number of carboxylic acid groups (broad SMARTS) is 1. The number of benzene rings is 2. The average Bonchev–Trinajstić information content (AvgIpc) is 3.38. The topological polar surface area (TPSA) is 85.7 Å². The van der Waals surface area contributed by atoms with Gasteiger partial charge in [-0.2, -0.15) is 0 Å². The molecule has 1 aliphatic carbocycles. The van der Waals surface area contributed by atoms with Gasteiger partial charge in [-0.25, -0.2) is 4.98 Å². The zero-order valence-corrected chi connectivity index (χ0v) is 16.5. The van der Waals surface area contributed by atoms with Crippen LogP contribution in [0.1, 0.15) is 29.0 Å². The summed E-state index contributed by atoms with van der Waals surface area (Å²) in [6, 6.07) is 11.6. The lowest BCUT2D eigenvalue weighted by Crippen LogP contribution is -2.35. The van der Waals surface area contributed by atoms with Gasteiger partial charge in [-0.1, -0.05) is 24.3 Å². The molecule has 2 aromatic carbocycles. The van der Waals surface area contributed by atoms with Crippen LogP contribution in [0.3, 0.4) is 0 Å². The Hall–Kier alpha value is -2.93. The van der Waals surface area contributed by atoms with E-state index in [1.807, 2.05) is 36.4 Å². The molecule has 2 aliphatic rings. The van der Waals surface area contributed by atoms with Crippen LogP contribution >= 0.6 is 11.3 Å². The summed E-state index contributed by atoms with van der Waals surface area (Å²) >= 11 is 1.53. The van der Waals surface area contributed by atoms with Gasteiger partial charge in [-0.3, -0.25) is 9.59 Å². The van der Waals surface area contributed by atoms with Crippen molar-refractivity contribution in [2.24, 2.45) is 5.41 Å². The van der Waals surface area contributed by atoms with Gasteiger partial charge in [0.1, 0.15) is 5.78 Å². The normalized spacial score (nSPS) is 16.1. The molecule has 0 spiro atoms. The van der Waals surface area contributed by atoms with Crippen molar-refractivity contribution in [1.29, 1.82) is 0 Å². The summed E-state index contributed by atoms with van der Waals surface area (Å²) in [5, 5.41) is 10.3. The van der Waals surface area contributed by atoms with E-state index >= 15 is 0 Å². The van der Waals surface area contributed by atoms with E-state index in [0.29, 0.717) is 30.8 Å². The van der Waals surface area contributed by atoms with Crippen LogP contribution in [0.4, 0.5) is 0 Å². The SMILES string of the molecule is O=C(O)CC1(C(=O)CCc2nc3cc4c(cc3s2)OCO4)Cc2ccccc2C1. The van der Waals surface area contributed by atoms with Crippen molar-refractivity contribution in [2.45, 2.75) is 32.1 Å². The summed E-state index contributed by atoms with van der Waals surface area (Å²) in [6.45, 7) is 0.224. The first kappa shape index (κ1) is 18.1. The number of aryl methyl sites for hydroxylation is 1. The fourth-order valence-electron chi connectivity index (χ4n) is 4.36. The number of ketones is 1. The molecule has 0 saturated heterocycles. The third-order valence-electron chi connectivity index (χ3n) is 5.75. The van der Waals surface area contributed by atoms with Crippen molar-refractivity contribution in [3.05, 3.63) is 52.5 Å². The van der Waals surface area contributed by atoms with Gasteiger partial charge in [0.2, 0.25) is 6.79 Å². The molecule has 0 amide bonds. The summed E-state index contributed by atoms with van der Waals surface area (Å²) < 4.78 is 11.8. The van der Waals surface area contributed by atoms with Gasteiger partial charge >= 0.3 is 5.97 Å². The minimum absolute atomic E-state index is 0.00418. The highest BCUT2D eigenvalue weighted by molar-refractivity contribution is 7.18. The molecular formula is C22H19NO5S. The number of aromatic nitrogens is 1. The number of Topliss-reactive ketones (excluding diaryl/α,β-unsaturated/α-hetero) is 1. The molecular weight excluding hydrogens is 390 g/mol. The fourth-order valence-corrected chi connectivity index (χ4v) is 5.34. The van der Waals surface area contributed by atoms with Crippen molar-refractivity contribution in [3.8, 4) is 11.5 Å². The maximum Gasteiger partial charge on any atom is 0.304 e. The highest BCUT2D eigenvalue weighted by atomic mass is 32.1. The van der Waals surface area contributed by atoms with E-state index in [-0.39, 0.29) is 25.4 Å². The predicted molar refractivity (Wildman–Crippen MR) is 108 cm³/mol. The zero-order valence-electron chi connectivity index (χ0n) is 15.6. The summed E-state index contributed by atoms with van der Waals surface area (Å²) in [6.07, 6.45) is 1.64. The molecule has 0 atom stereocenters. The van der Waals surface area contributed by atoms with Crippen molar-refractivity contribution < 1.29 is 24.2 Å². The number of hydrogen-bond donors (Lipinski definition) is 1. The van der Waals surface area contributed by atoms with E-state index in [2.05, 4.69) is 4.98 Å². The van der Waals surface area contributed by atoms with Gasteiger partial charge in [-0.05, 0) is 24.0 Å². The first-order valence-electron chi connectivity index (χ1n) is 9.53. The second-order valence-electron chi connectivity index (χ2n) is 7.68. The van der Waals surface area contributed by atoms with E-state index in [1.54, 1.807) is 0 Å². The summed E-state index contributed by atoms with van der Waals surface area (Å²) in [5.74, 6) is 0.479. The number of rotatable bonds is 6. The summed E-state index contributed by atoms with van der Waals surface area (Å²) in [4.78, 5) is 29.3. The smallest absolute Gasteiger partial charge is 0.304 e. The third kappa shape index (κ3) is 3.25. The molecule has 29 heavy (non-hydrogen) atoms. The highest BCUT2D eigenvalue weighted by Gasteiger charge is 2.44. The Morgan fingerprint density at radius 3 is 2.48 bits per heavy atom. The molecule has 2 heterocycles. The molecule has 0 unspecified atom stereocenters. The fraction of sp³-hybridized carbons (Fsp3) is 0.318. The number of hydrogen-bond acceptors (Lipinski definition) is 6. The van der Waals surface area contributed by atoms with Crippen molar-refractivity contribution in [3.63, 3.8) is 0 Å². The number of fused-ring (bicyclic) bond motifs is 3. The Kier molecular flexibility index (Phi) is 4.28. The molecule has 5 rings (SSSR count). The van der Waals surface area contributed by atoms with Crippen LogP contribution in [0.25, 0.3) is 10.2 Å². The standard InChI is InChI=1S/C22H19NO5S/c24-19(22(11-21(25)26)9-13-3-1-2-4-14(13)10-22)5-6-20-23-15-7-16-17(28-12-27-16)8-18(15)29-20/h1-4,7-8H,5-6,9-12H2,(H,25,26). The van der Waals surface area contributed by atoms with E-state index in [4.69, 9.17) is 9.47 Å². The molecule has 0 bridgehead atoms.